The van der Waals surface area contributed by atoms with Crippen LogP contribution >= 0.6 is 0 Å². The third kappa shape index (κ3) is 1.39. The van der Waals surface area contributed by atoms with E-state index in [1.165, 1.54) is 0 Å². The second kappa shape index (κ2) is 3.86. The molecule has 92 valence electrons. The van der Waals surface area contributed by atoms with Crippen molar-refractivity contribution in [1.82, 2.24) is 4.98 Å². The van der Waals surface area contributed by atoms with Crippen LogP contribution in [0.1, 0.15) is 36.6 Å². The summed E-state index contributed by atoms with van der Waals surface area (Å²) in [4.78, 5) is 3.36. The highest BCUT2D eigenvalue weighted by Gasteiger charge is 2.44. The molecule has 3 heteroatoms. The van der Waals surface area contributed by atoms with Gasteiger partial charge in [0.2, 0.25) is 0 Å². The van der Waals surface area contributed by atoms with Gasteiger partial charge in [-0.1, -0.05) is 24.6 Å². The van der Waals surface area contributed by atoms with Crippen LogP contribution in [-0.4, -0.2) is 4.98 Å². The van der Waals surface area contributed by atoms with E-state index in [9.17, 15) is 5.26 Å². The van der Waals surface area contributed by atoms with Crippen molar-refractivity contribution in [2.45, 2.75) is 32.2 Å². The van der Waals surface area contributed by atoms with Crippen molar-refractivity contribution in [3.8, 4) is 6.07 Å². The monoisotopic (exact) mass is 239 g/mol. The Kier molecular flexibility index (Phi) is 2.42. The Morgan fingerprint density at radius 1 is 1.39 bits per heavy atom. The van der Waals surface area contributed by atoms with Gasteiger partial charge in [0.15, 0.2) is 0 Å². The van der Waals surface area contributed by atoms with Crippen LogP contribution in [0.3, 0.4) is 0 Å². The third-order valence-corrected chi connectivity index (χ3v) is 4.32. The number of nitrogens with two attached hydrogens (primary N) is 1. The normalized spacial score (nSPS) is 19.2. The largest absolute Gasteiger partial charge is 0.358 e. The molecule has 2 aromatic rings. The van der Waals surface area contributed by atoms with Gasteiger partial charge in [-0.15, -0.1) is 0 Å². The Morgan fingerprint density at radius 2 is 2.11 bits per heavy atom. The Bertz CT molecular complexity index is 629. The van der Waals surface area contributed by atoms with Crippen LogP contribution in [0.25, 0.3) is 10.9 Å². The predicted molar refractivity (Wildman–Crippen MR) is 71.9 cm³/mol. The topological polar surface area (TPSA) is 65.6 Å². The number of fused-ring (bicyclic) bond motifs is 1. The number of nitriles is 1. The van der Waals surface area contributed by atoms with E-state index >= 15 is 0 Å². The molecular weight excluding hydrogens is 222 g/mol. The number of rotatable bonds is 2. The molecule has 3 N–H and O–H groups in total. The Labute approximate surface area is 107 Å². The molecule has 0 bridgehead atoms. The molecule has 1 unspecified atom stereocenters. The van der Waals surface area contributed by atoms with Crippen LogP contribution in [0.2, 0.25) is 0 Å². The maximum atomic E-state index is 9.43. The predicted octanol–water partition coefficient (Wildman–Crippen LogP) is 3.17. The fourth-order valence-electron chi connectivity index (χ4n) is 3.03. The number of para-hydroxylation sites is 1. The van der Waals surface area contributed by atoms with Crippen LogP contribution < -0.4 is 5.73 Å². The summed E-state index contributed by atoms with van der Waals surface area (Å²) < 4.78 is 0. The molecule has 1 aliphatic carbocycles. The van der Waals surface area contributed by atoms with Crippen LogP contribution in [0.4, 0.5) is 0 Å². The smallest absolute Gasteiger partial charge is 0.0767 e. The van der Waals surface area contributed by atoms with E-state index in [1.807, 2.05) is 19.1 Å². The summed E-state index contributed by atoms with van der Waals surface area (Å²) >= 11 is 0. The quantitative estimate of drug-likeness (QED) is 0.845. The van der Waals surface area contributed by atoms with E-state index in [0.29, 0.717) is 0 Å². The van der Waals surface area contributed by atoms with E-state index < -0.39 is 0 Å². The highest BCUT2D eigenvalue weighted by Crippen LogP contribution is 2.50. The standard InChI is InChI=1S/C15H17N3/c1-10-13(11-5-2-3-6-12(11)18-10)14(17)15(9-16)7-4-8-15/h2-3,5-6,14,18H,4,7-8,17H2,1H3. The summed E-state index contributed by atoms with van der Waals surface area (Å²) in [5.74, 6) is 0. The maximum Gasteiger partial charge on any atom is 0.0767 e. The van der Waals surface area contributed by atoms with Crippen molar-refractivity contribution < 1.29 is 0 Å². The third-order valence-electron chi connectivity index (χ3n) is 4.32. The molecule has 1 saturated carbocycles. The van der Waals surface area contributed by atoms with Gasteiger partial charge in [-0.3, -0.25) is 0 Å². The molecule has 3 rings (SSSR count). The maximum absolute atomic E-state index is 9.43. The molecule has 1 heterocycles. The summed E-state index contributed by atoms with van der Waals surface area (Å²) in [5, 5.41) is 10.6. The van der Waals surface area contributed by atoms with E-state index in [0.717, 1.165) is 41.4 Å². The first-order chi connectivity index (χ1) is 8.68. The van der Waals surface area contributed by atoms with E-state index in [-0.39, 0.29) is 11.5 Å². The summed E-state index contributed by atoms with van der Waals surface area (Å²) in [6.45, 7) is 2.04. The molecule has 1 aliphatic rings. The minimum Gasteiger partial charge on any atom is -0.358 e. The first kappa shape index (κ1) is 11.3. The second-order valence-corrected chi connectivity index (χ2v) is 5.31. The summed E-state index contributed by atoms with van der Waals surface area (Å²) in [6, 6.07) is 10.4. The average Bonchev–Trinajstić information content (AvgIpc) is 2.63. The number of aromatic amines is 1. The Balaban J connectivity index is 2.14. The minimum absolute atomic E-state index is 0.188. The summed E-state index contributed by atoms with van der Waals surface area (Å²) in [5.41, 5.74) is 9.37. The van der Waals surface area contributed by atoms with Crippen molar-refractivity contribution in [3.05, 3.63) is 35.5 Å². The van der Waals surface area contributed by atoms with E-state index in [1.54, 1.807) is 0 Å². The lowest BCUT2D eigenvalue weighted by Crippen LogP contribution is -2.39. The Hall–Kier alpha value is -1.79. The lowest BCUT2D eigenvalue weighted by Gasteiger charge is -2.40. The SMILES string of the molecule is Cc1[nH]c2ccccc2c1C(N)C1(C#N)CCC1. The fraction of sp³-hybridized carbons (Fsp3) is 0.400. The highest BCUT2D eigenvalue weighted by atomic mass is 14.8. The number of H-pyrrole nitrogens is 1. The van der Waals surface area contributed by atoms with Crippen molar-refractivity contribution in [2.24, 2.45) is 11.1 Å². The van der Waals surface area contributed by atoms with Gasteiger partial charge in [-0.05, 0) is 31.4 Å². The number of hydrogen-bond acceptors (Lipinski definition) is 2. The second-order valence-electron chi connectivity index (χ2n) is 5.31. The zero-order valence-corrected chi connectivity index (χ0v) is 10.5. The van der Waals surface area contributed by atoms with Crippen molar-refractivity contribution in [2.75, 3.05) is 0 Å². The van der Waals surface area contributed by atoms with Crippen molar-refractivity contribution in [1.29, 1.82) is 5.26 Å². The van der Waals surface area contributed by atoms with Gasteiger partial charge in [0, 0.05) is 16.6 Å². The first-order valence-electron chi connectivity index (χ1n) is 6.42. The minimum atomic E-state index is -0.351. The molecule has 0 saturated heterocycles. The number of nitrogens with zero attached hydrogens (tertiary/aromatic N) is 1. The molecule has 3 nitrogen and oxygen atoms in total. The van der Waals surface area contributed by atoms with Crippen LogP contribution in [0.15, 0.2) is 24.3 Å². The van der Waals surface area contributed by atoms with Gasteiger partial charge >= 0.3 is 0 Å². The molecule has 0 amide bonds. The van der Waals surface area contributed by atoms with Gasteiger partial charge in [0.05, 0.1) is 17.5 Å². The van der Waals surface area contributed by atoms with Gasteiger partial charge < -0.3 is 10.7 Å². The molecule has 1 fully saturated rings. The van der Waals surface area contributed by atoms with Gasteiger partial charge in [0.25, 0.3) is 0 Å². The number of aromatic nitrogens is 1. The molecular formula is C15H17N3. The lowest BCUT2D eigenvalue weighted by molar-refractivity contribution is 0.169. The fourth-order valence-corrected chi connectivity index (χ4v) is 3.03. The van der Waals surface area contributed by atoms with Crippen LogP contribution in [0.5, 0.6) is 0 Å². The highest BCUT2D eigenvalue weighted by molar-refractivity contribution is 5.85. The molecule has 1 aromatic carbocycles. The van der Waals surface area contributed by atoms with Gasteiger partial charge in [0.1, 0.15) is 0 Å². The average molecular weight is 239 g/mol. The molecule has 1 aromatic heterocycles. The van der Waals surface area contributed by atoms with Crippen LogP contribution in [-0.2, 0) is 0 Å². The molecule has 18 heavy (non-hydrogen) atoms. The molecule has 1 atom stereocenters. The lowest BCUT2D eigenvalue weighted by atomic mass is 9.63. The van der Waals surface area contributed by atoms with Crippen molar-refractivity contribution in [3.63, 3.8) is 0 Å². The number of nitrogens with one attached hydrogen (secondary N) is 1. The van der Waals surface area contributed by atoms with Gasteiger partial charge in [-0.2, -0.15) is 5.26 Å². The van der Waals surface area contributed by atoms with E-state index in [2.05, 4.69) is 23.2 Å². The summed E-state index contributed by atoms with van der Waals surface area (Å²) in [6.07, 6.45) is 2.95. The number of hydrogen-bond donors (Lipinski definition) is 2. The first-order valence-corrected chi connectivity index (χ1v) is 6.42. The number of aryl methyl sites for hydroxylation is 1. The van der Waals surface area contributed by atoms with E-state index in [4.69, 9.17) is 5.73 Å². The van der Waals surface area contributed by atoms with Crippen LogP contribution in [0, 0.1) is 23.7 Å². The van der Waals surface area contributed by atoms with Crippen molar-refractivity contribution >= 4 is 10.9 Å². The number of benzene rings is 1. The zero-order chi connectivity index (χ0) is 12.8. The summed E-state index contributed by atoms with van der Waals surface area (Å²) in [7, 11) is 0. The Morgan fingerprint density at radius 3 is 2.72 bits per heavy atom. The molecule has 0 spiro atoms. The van der Waals surface area contributed by atoms with Gasteiger partial charge in [-0.25, -0.2) is 0 Å². The zero-order valence-electron chi connectivity index (χ0n) is 10.5. The molecule has 0 aliphatic heterocycles. The molecule has 0 radical (unpaired) electrons.